The van der Waals surface area contributed by atoms with E-state index >= 15 is 0 Å². The van der Waals surface area contributed by atoms with Crippen molar-refractivity contribution >= 4 is 0 Å². The normalized spacial score (nSPS) is 27.9. The number of hydrogen-bond donors (Lipinski definition) is 1. The van der Waals surface area contributed by atoms with Gasteiger partial charge < -0.3 is 5.73 Å². The predicted molar refractivity (Wildman–Crippen MR) is 73.9 cm³/mol. The molecule has 0 bridgehead atoms. The molecule has 2 N–H and O–H groups in total. The molecule has 1 aliphatic carbocycles. The van der Waals surface area contributed by atoms with Gasteiger partial charge in [-0.15, -0.1) is 0 Å². The van der Waals surface area contributed by atoms with Gasteiger partial charge in [-0.1, -0.05) is 44.2 Å². The SMILES string of the molecule is CC1(C)CCC(N)C(CCc2ccccc2)C1. The van der Waals surface area contributed by atoms with E-state index < -0.39 is 0 Å². The minimum absolute atomic E-state index is 0.423. The number of benzene rings is 1. The molecule has 1 aromatic rings. The zero-order valence-electron chi connectivity index (χ0n) is 11.2. The van der Waals surface area contributed by atoms with Crippen molar-refractivity contribution in [2.45, 2.75) is 52.0 Å². The van der Waals surface area contributed by atoms with Crippen LogP contribution in [-0.4, -0.2) is 6.04 Å². The molecule has 17 heavy (non-hydrogen) atoms. The highest BCUT2D eigenvalue weighted by Crippen LogP contribution is 2.39. The summed E-state index contributed by atoms with van der Waals surface area (Å²) >= 11 is 0. The fourth-order valence-corrected chi connectivity index (χ4v) is 3.07. The maximum absolute atomic E-state index is 6.26. The average Bonchev–Trinajstić information content (AvgIpc) is 2.32. The first-order valence-corrected chi connectivity index (χ1v) is 6.86. The first-order chi connectivity index (χ1) is 8.07. The van der Waals surface area contributed by atoms with Crippen LogP contribution >= 0.6 is 0 Å². The van der Waals surface area contributed by atoms with Crippen LogP contribution in [0.15, 0.2) is 30.3 Å². The lowest BCUT2D eigenvalue weighted by Gasteiger charge is -2.39. The molecule has 1 heteroatoms. The Bertz CT molecular complexity index is 342. The average molecular weight is 231 g/mol. The second-order valence-corrected chi connectivity index (χ2v) is 6.36. The monoisotopic (exact) mass is 231 g/mol. The Balaban J connectivity index is 1.89. The molecule has 94 valence electrons. The van der Waals surface area contributed by atoms with Crippen molar-refractivity contribution in [3.05, 3.63) is 35.9 Å². The largest absolute Gasteiger partial charge is 0.327 e. The quantitative estimate of drug-likeness (QED) is 0.842. The minimum Gasteiger partial charge on any atom is -0.327 e. The van der Waals surface area contributed by atoms with Crippen LogP contribution in [0.1, 0.15) is 45.1 Å². The summed E-state index contributed by atoms with van der Waals surface area (Å²) in [5.74, 6) is 0.707. The van der Waals surface area contributed by atoms with E-state index in [0.717, 1.165) is 0 Å². The summed E-state index contributed by atoms with van der Waals surface area (Å²) in [6.45, 7) is 4.77. The Hall–Kier alpha value is -0.820. The number of hydrogen-bond acceptors (Lipinski definition) is 1. The summed E-state index contributed by atoms with van der Waals surface area (Å²) in [5.41, 5.74) is 8.21. The molecule has 0 saturated heterocycles. The van der Waals surface area contributed by atoms with Gasteiger partial charge in [0.25, 0.3) is 0 Å². The van der Waals surface area contributed by atoms with Gasteiger partial charge >= 0.3 is 0 Å². The van der Waals surface area contributed by atoms with Gasteiger partial charge in [0.1, 0.15) is 0 Å². The third kappa shape index (κ3) is 3.57. The topological polar surface area (TPSA) is 26.0 Å². The molecule has 1 saturated carbocycles. The summed E-state index contributed by atoms with van der Waals surface area (Å²) in [6.07, 6.45) is 6.20. The third-order valence-electron chi connectivity index (χ3n) is 4.22. The van der Waals surface area contributed by atoms with Crippen LogP contribution in [0.5, 0.6) is 0 Å². The standard InChI is InChI=1S/C16H25N/c1-16(2)11-10-15(17)14(12-16)9-8-13-6-4-3-5-7-13/h3-7,14-15H,8-12,17H2,1-2H3. The zero-order chi connectivity index (χ0) is 12.3. The van der Waals surface area contributed by atoms with Crippen molar-refractivity contribution in [3.8, 4) is 0 Å². The summed E-state index contributed by atoms with van der Waals surface area (Å²) in [7, 11) is 0. The van der Waals surface area contributed by atoms with Gasteiger partial charge in [0.2, 0.25) is 0 Å². The van der Waals surface area contributed by atoms with Crippen LogP contribution in [0.2, 0.25) is 0 Å². The fraction of sp³-hybridized carbons (Fsp3) is 0.625. The number of nitrogens with two attached hydrogens (primary N) is 1. The molecule has 2 rings (SSSR count). The van der Waals surface area contributed by atoms with E-state index in [9.17, 15) is 0 Å². The van der Waals surface area contributed by atoms with Gasteiger partial charge in [0, 0.05) is 6.04 Å². The highest BCUT2D eigenvalue weighted by atomic mass is 14.7. The fourth-order valence-electron chi connectivity index (χ4n) is 3.07. The second kappa shape index (κ2) is 5.22. The van der Waals surface area contributed by atoms with Gasteiger partial charge in [-0.05, 0) is 49.0 Å². The Morgan fingerprint density at radius 1 is 1.24 bits per heavy atom. The first-order valence-electron chi connectivity index (χ1n) is 6.86. The molecule has 0 spiro atoms. The van der Waals surface area contributed by atoms with Crippen molar-refractivity contribution in [2.75, 3.05) is 0 Å². The third-order valence-corrected chi connectivity index (χ3v) is 4.22. The van der Waals surface area contributed by atoms with Crippen molar-refractivity contribution in [1.29, 1.82) is 0 Å². The lowest BCUT2D eigenvalue weighted by atomic mass is 9.68. The van der Waals surface area contributed by atoms with Crippen LogP contribution in [0, 0.1) is 11.3 Å². The highest BCUT2D eigenvalue weighted by molar-refractivity contribution is 5.14. The van der Waals surface area contributed by atoms with Gasteiger partial charge in [0.15, 0.2) is 0 Å². The van der Waals surface area contributed by atoms with E-state index in [0.29, 0.717) is 17.4 Å². The van der Waals surface area contributed by atoms with Gasteiger partial charge in [-0.25, -0.2) is 0 Å². The minimum atomic E-state index is 0.423. The van der Waals surface area contributed by atoms with Crippen LogP contribution in [0.25, 0.3) is 0 Å². The molecular weight excluding hydrogens is 206 g/mol. The molecular formula is C16H25N. The molecule has 2 unspecified atom stereocenters. The summed E-state index contributed by atoms with van der Waals surface area (Å²) in [6, 6.07) is 11.2. The van der Waals surface area contributed by atoms with E-state index in [2.05, 4.69) is 44.2 Å². The maximum Gasteiger partial charge on any atom is 0.00676 e. The van der Waals surface area contributed by atoms with Crippen molar-refractivity contribution < 1.29 is 0 Å². The Morgan fingerprint density at radius 2 is 1.94 bits per heavy atom. The maximum atomic E-state index is 6.26. The Kier molecular flexibility index (Phi) is 3.88. The molecule has 1 aromatic carbocycles. The lowest BCUT2D eigenvalue weighted by Crippen LogP contribution is -2.39. The molecule has 2 atom stereocenters. The van der Waals surface area contributed by atoms with Crippen LogP contribution in [0.3, 0.4) is 0 Å². The molecule has 0 aliphatic heterocycles. The van der Waals surface area contributed by atoms with Gasteiger partial charge in [-0.3, -0.25) is 0 Å². The van der Waals surface area contributed by atoms with E-state index in [-0.39, 0.29) is 0 Å². The summed E-state index contributed by atoms with van der Waals surface area (Å²) < 4.78 is 0. The van der Waals surface area contributed by atoms with Gasteiger partial charge in [-0.2, -0.15) is 0 Å². The first kappa shape index (κ1) is 12.6. The van der Waals surface area contributed by atoms with Crippen LogP contribution in [0.4, 0.5) is 0 Å². The van der Waals surface area contributed by atoms with E-state index in [4.69, 9.17) is 5.73 Å². The van der Waals surface area contributed by atoms with Crippen molar-refractivity contribution in [1.82, 2.24) is 0 Å². The number of rotatable bonds is 3. The van der Waals surface area contributed by atoms with Gasteiger partial charge in [0.05, 0.1) is 0 Å². The van der Waals surface area contributed by atoms with Crippen molar-refractivity contribution in [2.24, 2.45) is 17.1 Å². The second-order valence-electron chi connectivity index (χ2n) is 6.36. The predicted octanol–water partition coefficient (Wildman–Crippen LogP) is 3.77. The number of aryl methyl sites for hydroxylation is 1. The lowest BCUT2D eigenvalue weighted by molar-refractivity contribution is 0.151. The Morgan fingerprint density at radius 3 is 2.65 bits per heavy atom. The molecule has 1 fully saturated rings. The Labute approximate surface area is 105 Å². The van der Waals surface area contributed by atoms with E-state index in [1.807, 2.05) is 0 Å². The van der Waals surface area contributed by atoms with Crippen LogP contribution < -0.4 is 5.73 Å². The summed E-state index contributed by atoms with van der Waals surface area (Å²) in [5, 5.41) is 0. The summed E-state index contributed by atoms with van der Waals surface area (Å²) in [4.78, 5) is 0. The molecule has 1 nitrogen and oxygen atoms in total. The molecule has 1 aliphatic rings. The highest BCUT2D eigenvalue weighted by Gasteiger charge is 2.32. The molecule has 0 amide bonds. The van der Waals surface area contributed by atoms with E-state index in [1.165, 1.54) is 37.7 Å². The molecule has 0 aromatic heterocycles. The smallest absolute Gasteiger partial charge is 0.00676 e. The van der Waals surface area contributed by atoms with Crippen molar-refractivity contribution in [3.63, 3.8) is 0 Å². The van der Waals surface area contributed by atoms with Crippen LogP contribution in [-0.2, 0) is 6.42 Å². The van der Waals surface area contributed by atoms with E-state index in [1.54, 1.807) is 0 Å². The zero-order valence-corrected chi connectivity index (χ0v) is 11.2. The molecule has 0 heterocycles. The molecule has 0 radical (unpaired) electrons.